The quantitative estimate of drug-likeness (QED) is 0.298. The largest absolute Gasteiger partial charge is 0.493 e. The highest BCUT2D eigenvalue weighted by Gasteiger charge is 2.32. The van der Waals surface area contributed by atoms with Crippen molar-refractivity contribution in [1.82, 2.24) is 29.0 Å². The van der Waals surface area contributed by atoms with Crippen LogP contribution in [0.5, 0.6) is 17.2 Å². The molecular formula is C29H35N9O5. The summed E-state index contributed by atoms with van der Waals surface area (Å²) in [6.07, 6.45) is 7.91. The maximum atomic E-state index is 13.6. The summed E-state index contributed by atoms with van der Waals surface area (Å²) in [5, 5.41) is 8.04. The molecule has 226 valence electrons. The van der Waals surface area contributed by atoms with Crippen LogP contribution in [0.2, 0.25) is 0 Å². The highest BCUT2D eigenvalue weighted by molar-refractivity contribution is 5.95. The number of primary amides is 1. The van der Waals surface area contributed by atoms with Crippen molar-refractivity contribution in [3.63, 3.8) is 0 Å². The number of benzene rings is 1. The molecule has 2 saturated heterocycles. The summed E-state index contributed by atoms with van der Waals surface area (Å²) in [6, 6.07) is 6.68. The molecule has 2 aliphatic heterocycles. The number of amides is 2. The van der Waals surface area contributed by atoms with Gasteiger partial charge >= 0.3 is 0 Å². The van der Waals surface area contributed by atoms with Crippen molar-refractivity contribution in [2.45, 2.75) is 38.1 Å². The van der Waals surface area contributed by atoms with Crippen LogP contribution in [0.4, 0.5) is 17.6 Å². The number of hydrogen-bond donors (Lipinski definition) is 2. The molecule has 43 heavy (non-hydrogen) atoms. The molecular weight excluding hydrogens is 554 g/mol. The number of hydrogen-bond acceptors (Lipinski definition) is 10. The number of ether oxygens (including phenoxy) is 3. The number of methoxy groups -OCH3 is 3. The van der Waals surface area contributed by atoms with E-state index in [0.29, 0.717) is 72.1 Å². The van der Waals surface area contributed by atoms with Crippen molar-refractivity contribution in [2.24, 2.45) is 5.73 Å². The van der Waals surface area contributed by atoms with Gasteiger partial charge in [-0.2, -0.15) is 4.98 Å². The van der Waals surface area contributed by atoms with E-state index in [-0.39, 0.29) is 5.91 Å². The maximum Gasteiger partial charge on any atom is 0.272 e. The van der Waals surface area contributed by atoms with Crippen molar-refractivity contribution in [1.29, 1.82) is 0 Å². The molecule has 3 aromatic heterocycles. The number of aromatic nitrogens is 5. The van der Waals surface area contributed by atoms with E-state index in [4.69, 9.17) is 30.0 Å². The van der Waals surface area contributed by atoms with Crippen LogP contribution in [0.1, 0.15) is 42.6 Å². The number of imidazole rings is 1. The first-order chi connectivity index (χ1) is 20.9. The zero-order chi connectivity index (χ0) is 30.1. The number of anilines is 3. The van der Waals surface area contributed by atoms with Crippen LogP contribution < -0.4 is 30.2 Å². The molecule has 4 aromatic rings. The highest BCUT2D eigenvalue weighted by Crippen LogP contribution is 2.39. The lowest BCUT2D eigenvalue weighted by Gasteiger charge is -2.26. The third-order valence-electron chi connectivity index (χ3n) is 7.98. The summed E-state index contributed by atoms with van der Waals surface area (Å²) in [5.41, 5.74) is 7.48. The number of carbonyl (C=O) groups is 2. The lowest BCUT2D eigenvalue weighted by molar-refractivity contribution is -0.119. The Bertz CT molecular complexity index is 1630. The fraction of sp³-hybridized carbons (Fsp3) is 0.414. The second-order valence-electron chi connectivity index (χ2n) is 10.6. The first kappa shape index (κ1) is 28.1. The van der Waals surface area contributed by atoms with E-state index < -0.39 is 11.9 Å². The summed E-state index contributed by atoms with van der Waals surface area (Å²) in [7, 11) is 4.67. The number of nitrogens with two attached hydrogens (primary N) is 1. The van der Waals surface area contributed by atoms with E-state index in [2.05, 4.69) is 10.3 Å². The van der Waals surface area contributed by atoms with E-state index >= 15 is 0 Å². The zero-order valence-electron chi connectivity index (χ0n) is 24.4. The number of rotatable bonds is 9. The second kappa shape index (κ2) is 11.7. The van der Waals surface area contributed by atoms with E-state index in [9.17, 15) is 9.59 Å². The number of nitrogens with one attached hydrogen (secondary N) is 1. The molecule has 2 aliphatic rings. The van der Waals surface area contributed by atoms with Crippen LogP contribution >= 0.6 is 0 Å². The van der Waals surface area contributed by atoms with Gasteiger partial charge in [0.25, 0.3) is 5.91 Å². The Kier molecular flexibility index (Phi) is 7.65. The molecule has 2 fully saturated rings. The molecule has 3 N–H and O–H groups in total. The Morgan fingerprint density at radius 3 is 2.40 bits per heavy atom. The molecule has 14 heteroatoms. The van der Waals surface area contributed by atoms with Crippen LogP contribution in [-0.2, 0) is 4.79 Å². The Morgan fingerprint density at radius 1 is 0.977 bits per heavy atom. The summed E-state index contributed by atoms with van der Waals surface area (Å²) < 4.78 is 19.9. The molecule has 0 aliphatic carbocycles. The summed E-state index contributed by atoms with van der Waals surface area (Å²) in [6.45, 7) is 2.00. The standard InChI is InChI=1S/C29H35N9O5/c1-41-22-14-18(15-23(42-2)25(22)43-3)36-16-24(31-17-36)32-27-20-9-10-21(28(40)35-11-5-4-6-12-35)38(20)34-29(33-27)37-13-7-8-19(37)26(30)39/h9-10,14-17,19H,4-8,11-13H2,1-3H3,(H2,30,39)(H,32,33,34)/t19-/m0/s1. The van der Waals surface area contributed by atoms with Crippen molar-refractivity contribution in [3.8, 4) is 22.9 Å². The van der Waals surface area contributed by atoms with Crippen molar-refractivity contribution >= 4 is 34.9 Å². The first-order valence-electron chi connectivity index (χ1n) is 14.3. The molecule has 2 amide bonds. The number of piperidine rings is 1. The molecule has 5 heterocycles. The third kappa shape index (κ3) is 5.24. The van der Waals surface area contributed by atoms with Gasteiger partial charge in [-0.1, -0.05) is 0 Å². The van der Waals surface area contributed by atoms with Crippen LogP contribution in [0.3, 0.4) is 0 Å². The minimum Gasteiger partial charge on any atom is -0.493 e. The smallest absolute Gasteiger partial charge is 0.272 e. The Morgan fingerprint density at radius 2 is 1.72 bits per heavy atom. The lowest BCUT2D eigenvalue weighted by atomic mass is 10.1. The highest BCUT2D eigenvalue weighted by atomic mass is 16.5. The number of nitrogens with zero attached hydrogens (tertiary/aromatic N) is 7. The molecule has 1 atom stereocenters. The third-order valence-corrected chi connectivity index (χ3v) is 7.98. The predicted molar refractivity (Wildman–Crippen MR) is 159 cm³/mol. The van der Waals surface area contributed by atoms with Gasteiger partial charge in [0, 0.05) is 31.8 Å². The Balaban J connectivity index is 1.39. The van der Waals surface area contributed by atoms with E-state index in [0.717, 1.165) is 31.4 Å². The molecule has 6 rings (SSSR count). The summed E-state index contributed by atoms with van der Waals surface area (Å²) >= 11 is 0. The van der Waals surface area contributed by atoms with E-state index in [1.807, 2.05) is 23.1 Å². The van der Waals surface area contributed by atoms with Gasteiger partial charge in [0.05, 0.1) is 33.2 Å². The average molecular weight is 590 g/mol. The van der Waals surface area contributed by atoms with Gasteiger partial charge in [-0.25, -0.2) is 9.50 Å². The maximum absolute atomic E-state index is 13.6. The molecule has 0 bridgehead atoms. The predicted octanol–water partition coefficient (Wildman–Crippen LogP) is 2.76. The number of likely N-dealkylation sites (tertiary alicyclic amines) is 1. The number of fused-ring (bicyclic) bond motifs is 1. The first-order valence-corrected chi connectivity index (χ1v) is 14.3. The molecule has 0 unspecified atom stereocenters. The van der Waals surface area contributed by atoms with Crippen LogP contribution in [0.15, 0.2) is 36.8 Å². The Labute approximate surface area is 248 Å². The van der Waals surface area contributed by atoms with Gasteiger partial charge in [-0.3, -0.25) is 9.59 Å². The topological polar surface area (TPSA) is 154 Å². The van der Waals surface area contributed by atoms with Crippen molar-refractivity contribution < 1.29 is 23.8 Å². The summed E-state index contributed by atoms with van der Waals surface area (Å²) in [5.74, 6) is 2.23. The van der Waals surface area contributed by atoms with Crippen LogP contribution in [0, 0.1) is 0 Å². The molecule has 0 spiro atoms. The van der Waals surface area contributed by atoms with Crippen molar-refractivity contribution in [2.75, 3.05) is 51.2 Å². The van der Waals surface area contributed by atoms with Crippen LogP contribution in [0.25, 0.3) is 11.2 Å². The van der Waals surface area contributed by atoms with Gasteiger partial charge in [-0.15, -0.1) is 5.10 Å². The zero-order valence-corrected chi connectivity index (χ0v) is 24.4. The molecule has 0 saturated carbocycles. The molecule has 0 radical (unpaired) electrons. The fourth-order valence-corrected chi connectivity index (χ4v) is 5.79. The lowest BCUT2D eigenvalue weighted by Crippen LogP contribution is -2.41. The van der Waals surface area contributed by atoms with Gasteiger partial charge in [-0.05, 0) is 44.2 Å². The number of carbonyl (C=O) groups excluding carboxylic acids is 2. The Hall–Kier alpha value is -5.01. The van der Waals surface area contributed by atoms with E-state index in [1.54, 1.807) is 53.9 Å². The molecule has 1 aromatic carbocycles. The average Bonchev–Trinajstić information content (AvgIpc) is 3.80. The minimum atomic E-state index is -0.527. The SMILES string of the molecule is COc1cc(-n2cnc(Nc3nc(N4CCC[C@H]4C(N)=O)nn4c(C(=O)N5CCCCC5)ccc34)c2)cc(OC)c1OC. The normalized spacial score (nSPS) is 16.9. The minimum absolute atomic E-state index is 0.0881. The van der Waals surface area contributed by atoms with Crippen LogP contribution in [-0.4, -0.2) is 87.9 Å². The van der Waals surface area contributed by atoms with Gasteiger partial charge < -0.3 is 39.6 Å². The van der Waals surface area contributed by atoms with Gasteiger partial charge in [0.1, 0.15) is 29.4 Å². The van der Waals surface area contributed by atoms with Gasteiger partial charge in [0.15, 0.2) is 17.3 Å². The molecule has 14 nitrogen and oxygen atoms in total. The van der Waals surface area contributed by atoms with Gasteiger partial charge in [0.2, 0.25) is 17.6 Å². The fourth-order valence-electron chi connectivity index (χ4n) is 5.79. The second-order valence-corrected chi connectivity index (χ2v) is 10.6. The van der Waals surface area contributed by atoms with E-state index in [1.165, 1.54) is 0 Å². The monoisotopic (exact) mass is 589 g/mol. The van der Waals surface area contributed by atoms with Crippen molar-refractivity contribution in [3.05, 3.63) is 42.5 Å². The summed E-state index contributed by atoms with van der Waals surface area (Å²) in [4.78, 5) is 38.8.